The summed E-state index contributed by atoms with van der Waals surface area (Å²) in [6, 6.07) is 24.2. The molecule has 0 unspecified atom stereocenters. The Hall–Kier alpha value is -3.13. The molecule has 29 heavy (non-hydrogen) atoms. The molecule has 0 bridgehead atoms. The van der Waals surface area contributed by atoms with Crippen molar-refractivity contribution in [2.75, 3.05) is 0 Å². The highest BCUT2D eigenvalue weighted by molar-refractivity contribution is 5.70. The van der Waals surface area contributed by atoms with Crippen molar-refractivity contribution in [1.82, 2.24) is 9.78 Å². The SMILES string of the molecule is Cc1ccc(Cn2nc(-c3ccc(C)c(C)c3)cc2-c2ccc(C)c(C)c2)cc1. The van der Waals surface area contributed by atoms with Crippen molar-refractivity contribution < 1.29 is 0 Å². The minimum Gasteiger partial charge on any atom is -0.260 e. The zero-order chi connectivity index (χ0) is 20.5. The Morgan fingerprint density at radius 1 is 0.621 bits per heavy atom. The number of aromatic nitrogens is 2. The van der Waals surface area contributed by atoms with Crippen molar-refractivity contribution in [1.29, 1.82) is 0 Å². The average molecular weight is 381 g/mol. The molecule has 4 aromatic rings. The summed E-state index contributed by atoms with van der Waals surface area (Å²) in [4.78, 5) is 0. The summed E-state index contributed by atoms with van der Waals surface area (Å²) in [5, 5.41) is 5.01. The fourth-order valence-electron chi connectivity index (χ4n) is 3.58. The second-order valence-corrected chi connectivity index (χ2v) is 8.16. The first-order chi connectivity index (χ1) is 13.9. The van der Waals surface area contributed by atoms with E-state index in [1.54, 1.807) is 0 Å². The lowest BCUT2D eigenvalue weighted by Crippen LogP contribution is -2.04. The zero-order valence-corrected chi connectivity index (χ0v) is 18.0. The predicted octanol–water partition coefficient (Wildman–Crippen LogP) is 6.81. The van der Waals surface area contributed by atoms with Gasteiger partial charge in [0.2, 0.25) is 0 Å². The van der Waals surface area contributed by atoms with E-state index >= 15 is 0 Å². The molecule has 0 radical (unpaired) electrons. The quantitative estimate of drug-likeness (QED) is 0.380. The third-order valence-electron chi connectivity index (χ3n) is 5.84. The van der Waals surface area contributed by atoms with Crippen LogP contribution in [0.4, 0.5) is 0 Å². The Bertz CT molecular complexity index is 1160. The van der Waals surface area contributed by atoms with Crippen LogP contribution in [0.2, 0.25) is 0 Å². The van der Waals surface area contributed by atoms with Crippen LogP contribution in [0, 0.1) is 34.6 Å². The van der Waals surface area contributed by atoms with Gasteiger partial charge in [0.1, 0.15) is 0 Å². The summed E-state index contributed by atoms with van der Waals surface area (Å²) in [6.07, 6.45) is 0. The highest BCUT2D eigenvalue weighted by atomic mass is 15.3. The van der Waals surface area contributed by atoms with E-state index in [0.29, 0.717) is 0 Å². The minimum atomic E-state index is 0.757. The van der Waals surface area contributed by atoms with Gasteiger partial charge in [0.25, 0.3) is 0 Å². The van der Waals surface area contributed by atoms with Crippen LogP contribution in [-0.4, -0.2) is 9.78 Å². The van der Waals surface area contributed by atoms with E-state index < -0.39 is 0 Å². The first-order valence-electron chi connectivity index (χ1n) is 10.2. The molecular weight excluding hydrogens is 352 g/mol. The monoisotopic (exact) mass is 380 g/mol. The van der Waals surface area contributed by atoms with Crippen molar-refractivity contribution in [3.8, 4) is 22.5 Å². The molecule has 0 fully saturated rings. The summed E-state index contributed by atoms with van der Waals surface area (Å²) in [7, 11) is 0. The van der Waals surface area contributed by atoms with Crippen molar-refractivity contribution in [3.05, 3.63) is 100 Å². The van der Waals surface area contributed by atoms with E-state index in [1.807, 2.05) is 0 Å². The second kappa shape index (κ2) is 7.71. The minimum absolute atomic E-state index is 0.757. The molecule has 4 rings (SSSR count). The lowest BCUT2D eigenvalue weighted by molar-refractivity contribution is 0.697. The maximum Gasteiger partial charge on any atom is 0.0929 e. The highest BCUT2D eigenvalue weighted by Gasteiger charge is 2.13. The lowest BCUT2D eigenvalue weighted by atomic mass is 10.0. The molecule has 0 atom stereocenters. The molecule has 0 saturated carbocycles. The standard InChI is InChI=1S/C27H28N2/c1-18-6-10-23(11-7-18)17-29-27(25-13-9-20(3)22(5)15-25)16-26(28-29)24-12-8-19(2)21(4)14-24/h6-16H,17H2,1-5H3. The van der Waals surface area contributed by atoms with Gasteiger partial charge in [-0.2, -0.15) is 5.10 Å². The van der Waals surface area contributed by atoms with Gasteiger partial charge in [-0.25, -0.2) is 0 Å². The number of hydrogen-bond acceptors (Lipinski definition) is 1. The van der Waals surface area contributed by atoms with E-state index in [-0.39, 0.29) is 0 Å². The van der Waals surface area contributed by atoms with Gasteiger partial charge in [-0.3, -0.25) is 4.68 Å². The first-order valence-corrected chi connectivity index (χ1v) is 10.2. The normalized spacial score (nSPS) is 11.1. The molecule has 0 saturated heterocycles. The summed E-state index contributed by atoms with van der Waals surface area (Å²) in [5.41, 5.74) is 12.3. The van der Waals surface area contributed by atoms with Gasteiger partial charge in [-0.1, -0.05) is 54.1 Å². The van der Waals surface area contributed by atoms with Crippen molar-refractivity contribution >= 4 is 0 Å². The van der Waals surface area contributed by atoms with Gasteiger partial charge in [-0.15, -0.1) is 0 Å². The van der Waals surface area contributed by atoms with Crippen LogP contribution in [0.25, 0.3) is 22.5 Å². The second-order valence-electron chi connectivity index (χ2n) is 8.16. The summed E-state index contributed by atoms with van der Waals surface area (Å²) >= 11 is 0. The van der Waals surface area contributed by atoms with E-state index in [9.17, 15) is 0 Å². The van der Waals surface area contributed by atoms with Crippen LogP contribution in [0.5, 0.6) is 0 Å². The molecule has 0 aliphatic carbocycles. The molecule has 3 aromatic carbocycles. The Labute approximate surface area is 173 Å². The van der Waals surface area contributed by atoms with Crippen molar-refractivity contribution in [3.63, 3.8) is 0 Å². The smallest absolute Gasteiger partial charge is 0.0929 e. The maximum absolute atomic E-state index is 5.01. The zero-order valence-electron chi connectivity index (χ0n) is 18.0. The van der Waals surface area contributed by atoms with Gasteiger partial charge < -0.3 is 0 Å². The van der Waals surface area contributed by atoms with E-state index in [2.05, 4.69) is 106 Å². The summed E-state index contributed by atoms with van der Waals surface area (Å²) in [5.74, 6) is 0. The third-order valence-corrected chi connectivity index (χ3v) is 5.84. The molecule has 1 aromatic heterocycles. The third kappa shape index (κ3) is 4.02. The molecule has 2 heteroatoms. The number of rotatable bonds is 4. The Morgan fingerprint density at radius 3 is 1.83 bits per heavy atom. The van der Waals surface area contributed by atoms with Gasteiger partial charge in [0, 0.05) is 11.1 Å². The fourth-order valence-corrected chi connectivity index (χ4v) is 3.58. The van der Waals surface area contributed by atoms with E-state index in [1.165, 1.54) is 44.5 Å². The van der Waals surface area contributed by atoms with Crippen LogP contribution in [-0.2, 0) is 6.54 Å². The van der Waals surface area contributed by atoms with Crippen LogP contribution in [0.1, 0.15) is 33.4 Å². The molecule has 0 spiro atoms. The largest absolute Gasteiger partial charge is 0.260 e. The Morgan fingerprint density at radius 2 is 1.21 bits per heavy atom. The predicted molar refractivity (Wildman–Crippen MR) is 122 cm³/mol. The number of benzene rings is 3. The molecule has 1 heterocycles. The molecule has 0 aliphatic heterocycles. The molecule has 2 nitrogen and oxygen atoms in total. The van der Waals surface area contributed by atoms with Crippen LogP contribution >= 0.6 is 0 Å². The summed E-state index contributed by atoms with van der Waals surface area (Å²) < 4.78 is 2.14. The molecule has 0 amide bonds. The van der Waals surface area contributed by atoms with Gasteiger partial charge in [-0.05, 0) is 80.6 Å². The van der Waals surface area contributed by atoms with Gasteiger partial charge >= 0.3 is 0 Å². The maximum atomic E-state index is 5.01. The topological polar surface area (TPSA) is 17.8 Å². The van der Waals surface area contributed by atoms with Gasteiger partial charge in [0.15, 0.2) is 0 Å². The van der Waals surface area contributed by atoms with E-state index in [0.717, 1.165) is 17.9 Å². The van der Waals surface area contributed by atoms with Crippen LogP contribution < -0.4 is 0 Å². The van der Waals surface area contributed by atoms with Crippen molar-refractivity contribution in [2.24, 2.45) is 0 Å². The van der Waals surface area contributed by atoms with Crippen molar-refractivity contribution in [2.45, 2.75) is 41.2 Å². The molecule has 146 valence electrons. The molecular formula is C27H28N2. The Kier molecular flexibility index (Phi) is 5.10. The van der Waals surface area contributed by atoms with Crippen LogP contribution in [0.3, 0.4) is 0 Å². The van der Waals surface area contributed by atoms with Gasteiger partial charge in [0.05, 0.1) is 17.9 Å². The molecule has 0 N–H and O–H groups in total. The number of aryl methyl sites for hydroxylation is 5. The first kappa shape index (κ1) is 19.2. The fraction of sp³-hybridized carbons (Fsp3) is 0.222. The average Bonchev–Trinajstić information content (AvgIpc) is 3.12. The highest BCUT2D eigenvalue weighted by Crippen LogP contribution is 2.29. The Balaban J connectivity index is 1.82. The molecule has 0 aliphatic rings. The van der Waals surface area contributed by atoms with E-state index in [4.69, 9.17) is 5.10 Å². The number of hydrogen-bond donors (Lipinski definition) is 0. The lowest BCUT2D eigenvalue weighted by Gasteiger charge is -2.10. The summed E-state index contributed by atoms with van der Waals surface area (Å²) in [6.45, 7) is 11.5. The number of nitrogens with zero attached hydrogens (tertiary/aromatic N) is 2. The van der Waals surface area contributed by atoms with Crippen LogP contribution in [0.15, 0.2) is 66.7 Å².